The summed E-state index contributed by atoms with van der Waals surface area (Å²) in [5, 5.41) is 3.05. The number of nitrogens with zero attached hydrogens (tertiary/aromatic N) is 2. The van der Waals surface area contributed by atoms with Crippen molar-refractivity contribution in [3.63, 3.8) is 0 Å². The van der Waals surface area contributed by atoms with Gasteiger partial charge in [-0.15, -0.1) is 24.5 Å². The monoisotopic (exact) mass is 536 g/mol. The highest BCUT2D eigenvalue weighted by Crippen LogP contribution is 2.34. The zero-order valence-electron chi connectivity index (χ0n) is 16.9. The van der Waals surface area contributed by atoms with Crippen LogP contribution < -0.4 is 9.64 Å². The number of hydrogen-bond donors (Lipinski definition) is 0. The van der Waals surface area contributed by atoms with Crippen molar-refractivity contribution in [1.29, 1.82) is 0 Å². The zero-order chi connectivity index (χ0) is 23.8. The first-order chi connectivity index (χ1) is 15.5. The van der Waals surface area contributed by atoms with Gasteiger partial charge in [-0.1, -0.05) is 23.2 Å². The summed E-state index contributed by atoms with van der Waals surface area (Å²) in [6, 6.07) is 9.50. The summed E-state index contributed by atoms with van der Waals surface area (Å²) in [4.78, 5) is 6.64. The molecule has 0 atom stereocenters. The lowest BCUT2D eigenvalue weighted by Crippen LogP contribution is -2.39. The Bertz CT molecular complexity index is 1220. The van der Waals surface area contributed by atoms with Crippen LogP contribution in [0.1, 0.15) is 12.8 Å². The third-order valence-electron chi connectivity index (χ3n) is 5.19. The molecule has 0 N–H and O–H groups in total. The minimum absolute atomic E-state index is 0.0233. The van der Waals surface area contributed by atoms with Gasteiger partial charge >= 0.3 is 6.36 Å². The fourth-order valence-corrected chi connectivity index (χ4v) is 6.77. The van der Waals surface area contributed by atoms with Crippen LogP contribution in [0.5, 0.6) is 5.75 Å². The quantitative estimate of drug-likeness (QED) is 0.374. The predicted molar refractivity (Wildman–Crippen MR) is 123 cm³/mol. The number of anilines is 1. The molecule has 12 heteroatoms. The van der Waals surface area contributed by atoms with Crippen LogP contribution in [0.15, 0.2) is 52.7 Å². The Hall–Kier alpha value is -2.01. The van der Waals surface area contributed by atoms with Gasteiger partial charge in [-0.2, -0.15) is 0 Å². The normalized spacial score (nSPS) is 15.6. The topological polar surface area (TPSA) is 59.5 Å². The van der Waals surface area contributed by atoms with Crippen LogP contribution in [-0.4, -0.2) is 38.1 Å². The van der Waals surface area contributed by atoms with Crippen molar-refractivity contribution < 1.29 is 26.3 Å². The second kappa shape index (κ2) is 9.32. The fourth-order valence-electron chi connectivity index (χ4n) is 3.62. The summed E-state index contributed by atoms with van der Waals surface area (Å²) in [5.74, 6) is -0.461. The van der Waals surface area contributed by atoms with Crippen LogP contribution in [-0.2, 0) is 9.84 Å². The second-order valence-corrected chi connectivity index (χ2v) is 11.4. The number of aromatic nitrogens is 1. The van der Waals surface area contributed by atoms with E-state index < -0.39 is 27.2 Å². The molecule has 5 nitrogen and oxygen atoms in total. The highest BCUT2D eigenvalue weighted by atomic mass is 35.5. The Morgan fingerprint density at radius 3 is 2.21 bits per heavy atom. The molecule has 33 heavy (non-hydrogen) atoms. The number of benzene rings is 2. The van der Waals surface area contributed by atoms with E-state index in [1.54, 1.807) is 18.2 Å². The Morgan fingerprint density at radius 1 is 1.03 bits per heavy atom. The van der Waals surface area contributed by atoms with Crippen molar-refractivity contribution in [2.24, 2.45) is 0 Å². The molecule has 1 saturated heterocycles. The van der Waals surface area contributed by atoms with Crippen molar-refractivity contribution in [3.8, 4) is 17.0 Å². The Morgan fingerprint density at radius 2 is 1.64 bits per heavy atom. The maximum Gasteiger partial charge on any atom is 0.573 e. The molecule has 3 aromatic rings. The van der Waals surface area contributed by atoms with E-state index in [0.29, 0.717) is 36.0 Å². The molecule has 1 aliphatic rings. The van der Waals surface area contributed by atoms with E-state index >= 15 is 0 Å². The number of hydrogen-bond acceptors (Lipinski definition) is 6. The molecule has 1 aliphatic heterocycles. The van der Waals surface area contributed by atoms with Crippen LogP contribution in [0.4, 0.5) is 18.3 Å². The van der Waals surface area contributed by atoms with E-state index in [0.717, 1.165) is 40.7 Å². The smallest absolute Gasteiger partial charge is 0.406 e. The van der Waals surface area contributed by atoms with Gasteiger partial charge in [0.1, 0.15) is 5.75 Å². The summed E-state index contributed by atoms with van der Waals surface area (Å²) >= 11 is 13.6. The minimum Gasteiger partial charge on any atom is -0.406 e. The lowest BCUT2D eigenvalue weighted by molar-refractivity contribution is -0.274. The number of rotatable bonds is 5. The molecule has 0 spiro atoms. The van der Waals surface area contributed by atoms with E-state index in [1.807, 2.05) is 10.3 Å². The van der Waals surface area contributed by atoms with Gasteiger partial charge in [-0.3, -0.25) is 0 Å². The summed E-state index contributed by atoms with van der Waals surface area (Å²) in [7, 11) is -3.69. The first-order valence-electron chi connectivity index (χ1n) is 9.78. The molecule has 1 fully saturated rings. The number of piperidine rings is 1. The second-order valence-electron chi connectivity index (χ2n) is 7.42. The predicted octanol–water partition coefficient (Wildman–Crippen LogP) is 6.46. The van der Waals surface area contributed by atoms with Crippen molar-refractivity contribution in [2.75, 3.05) is 18.0 Å². The number of sulfone groups is 1. The SMILES string of the molecule is O=S(=O)(c1ccc(OC(F)(F)F)cc1)C1CCN(c2nc(-c3cc(Cl)cc(Cl)c3)cs2)CC1. The molecule has 0 amide bonds. The Kier molecular flexibility index (Phi) is 6.82. The largest absolute Gasteiger partial charge is 0.573 e. The van der Waals surface area contributed by atoms with Crippen molar-refractivity contribution in [2.45, 2.75) is 29.3 Å². The van der Waals surface area contributed by atoms with Gasteiger partial charge in [0.15, 0.2) is 15.0 Å². The summed E-state index contributed by atoms with van der Waals surface area (Å²) in [5.41, 5.74) is 1.53. The van der Waals surface area contributed by atoms with Gasteiger partial charge in [-0.05, 0) is 55.3 Å². The maximum atomic E-state index is 13.0. The van der Waals surface area contributed by atoms with Crippen LogP contribution in [0, 0.1) is 0 Å². The molecule has 0 bridgehead atoms. The number of thiazole rings is 1. The molecule has 1 aromatic heterocycles. The highest BCUT2D eigenvalue weighted by Gasteiger charge is 2.33. The first kappa shape index (κ1) is 24.1. The molecule has 176 valence electrons. The van der Waals surface area contributed by atoms with Crippen LogP contribution >= 0.6 is 34.5 Å². The van der Waals surface area contributed by atoms with E-state index in [9.17, 15) is 21.6 Å². The van der Waals surface area contributed by atoms with Crippen LogP contribution in [0.25, 0.3) is 11.3 Å². The van der Waals surface area contributed by atoms with Crippen LogP contribution in [0.2, 0.25) is 10.0 Å². The summed E-state index contributed by atoms with van der Waals surface area (Å²) in [6.07, 6.45) is -4.08. The lowest BCUT2D eigenvalue weighted by Gasteiger charge is -2.31. The van der Waals surface area contributed by atoms with Gasteiger partial charge in [0.25, 0.3) is 0 Å². The molecule has 2 aromatic carbocycles. The Balaban J connectivity index is 1.42. The summed E-state index contributed by atoms with van der Waals surface area (Å²) < 4.78 is 66.7. The number of halogens is 5. The molecular weight excluding hydrogens is 520 g/mol. The first-order valence-corrected chi connectivity index (χ1v) is 13.0. The number of alkyl halides is 3. The average molecular weight is 537 g/mol. The van der Waals surface area contributed by atoms with E-state index in [-0.39, 0.29) is 4.90 Å². The van der Waals surface area contributed by atoms with E-state index in [2.05, 4.69) is 9.72 Å². The van der Waals surface area contributed by atoms with E-state index in [4.69, 9.17) is 23.2 Å². The third kappa shape index (κ3) is 5.74. The van der Waals surface area contributed by atoms with Gasteiger partial charge in [-0.25, -0.2) is 13.4 Å². The molecular formula is C21H17Cl2F3N2O3S2. The fraction of sp³-hybridized carbons (Fsp3) is 0.286. The third-order valence-corrected chi connectivity index (χ3v) is 8.80. The van der Waals surface area contributed by atoms with Gasteiger partial charge in [0, 0.05) is 34.1 Å². The Labute approximate surface area is 202 Å². The van der Waals surface area contributed by atoms with E-state index in [1.165, 1.54) is 11.3 Å². The molecule has 0 unspecified atom stereocenters. The molecule has 2 heterocycles. The standard InChI is InChI=1S/C21H17Cl2F3N2O3S2/c22-14-9-13(10-15(23)11-14)19-12-32-20(27-19)28-7-5-18(6-8-28)33(29,30)17-3-1-16(2-4-17)31-21(24,25)26/h1-4,9-12,18H,5-8H2. The zero-order valence-corrected chi connectivity index (χ0v) is 20.0. The highest BCUT2D eigenvalue weighted by molar-refractivity contribution is 7.92. The lowest BCUT2D eigenvalue weighted by atomic mass is 10.1. The average Bonchev–Trinajstić information content (AvgIpc) is 3.23. The van der Waals surface area contributed by atoms with Crippen LogP contribution in [0.3, 0.4) is 0 Å². The van der Waals surface area contributed by atoms with Crippen molar-refractivity contribution in [3.05, 3.63) is 57.9 Å². The maximum absolute atomic E-state index is 13.0. The minimum atomic E-state index is -4.83. The van der Waals surface area contributed by atoms with Crippen molar-refractivity contribution >= 4 is 49.5 Å². The molecule has 0 saturated carbocycles. The van der Waals surface area contributed by atoms with Crippen molar-refractivity contribution in [1.82, 2.24) is 4.98 Å². The van der Waals surface area contributed by atoms with Gasteiger partial charge in [0.2, 0.25) is 0 Å². The van der Waals surface area contributed by atoms with Gasteiger partial charge in [0.05, 0.1) is 15.8 Å². The summed E-state index contributed by atoms with van der Waals surface area (Å²) in [6.45, 7) is 0.977. The molecule has 0 radical (unpaired) electrons. The number of ether oxygens (including phenoxy) is 1. The molecule has 4 rings (SSSR count). The van der Waals surface area contributed by atoms with Gasteiger partial charge < -0.3 is 9.64 Å². The molecule has 0 aliphatic carbocycles.